The Bertz CT molecular complexity index is 748. The van der Waals surface area contributed by atoms with Crippen LogP contribution in [0.5, 0.6) is 0 Å². The molecule has 2 heterocycles. The third-order valence-corrected chi connectivity index (χ3v) is 5.29. The van der Waals surface area contributed by atoms with Crippen LogP contribution in [-0.2, 0) is 13.1 Å². The van der Waals surface area contributed by atoms with Gasteiger partial charge in [0.2, 0.25) is 0 Å². The molecular formula is C22H36IN7. The number of likely N-dealkylation sites (N-methyl/N-ethyl adjacent to an activating group) is 1. The monoisotopic (exact) mass is 525 g/mol. The summed E-state index contributed by atoms with van der Waals surface area (Å²) >= 11 is 0. The van der Waals surface area contributed by atoms with E-state index in [1.807, 2.05) is 23.1 Å². The van der Waals surface area contributed by atoms with Crippen molar-refractivity contribution in [2.24, 2.45) is 4.99 Å². The molecule has 166 valence electrons. The Kier molecular flexibility index (Phi) is 11.2. The van der Waals surface area contributed by atoms with Crippen LogP contribution >= 0.6 is 24.0 Å². The molecule has 0 unspecified atom stereocenters. The highest BCUT2D eigenvalue weighted by Gasteiger charge is 2.11. The van der Waals surface area contributed by atoms with Gasteiger partial charge >= 0.3 is 0 Å². The number of guanidine groups is 1. The molecule has 1 saturated heterocycles. The van der Waals surface area contributed by atoms with E-state index in [4.69, 9.17) is 4.99 Å². The summed E-state index contributed by atoms with van der Waals surface area (Å²) in [6.45, 7) is 11.0. The van der Waals surface area contributed by atoms with E-state index in [9.17, 15) is 0 Å². The molecule has 1 aromatic carbocycles. The Morgan fingerprint density at radius 3 is 2.67 bits per heavy atom. The first-order valence-corrected chi connectivity index (χ1v) is 10.7. The average molecular weight is 525 g/mol. The maximum Gasteiger partial charge on any atom is 0.191 e. The van der Waals surface area contributed by atoms with Gasteiger partial charge in [0.15, 0.2) is 5.96 Å². The number of rotatable bonds is 8. The topological polar surface area (TPSA) is 60.7 Å². The number of benzene rings is 1. The van der Waals surface area contributed by atoms with Crippen LogP contribution in [-0.4, -0.2) is 78.4 Å². The fourth-order valence-corrected chi connectivity index (χ4v) is 3.60. The first-order valence-electron chi connectivity index (χ1n) is 10.7. The molecule has 1 aromatic heterocycles. The van der Waals surface area contributed by atoms with Crippen molar-refractivity contribution in [3.05, 3.63) is 53.9 Å². The summed E-state index contributed by atoms with van der Waals surface area (Å²) in [5.41, 5.74) is 2.49. The van der Waals surface area contributed by atoms with Gasteiger partial charge in [-0.3, -0.25) is 4.68 Å². The van der Waals surface area contributed by atoms with Crippen LogP contribution in [0.1, 0.15) is 24.5 Å². The van der Waals surface area contributed by atoms with Gasteiger partial charge in [-0.15, -0.1) is 24.0 Å². The van der Waals surface area contributed by atoms with Crippen LogP contribution in [0.4, 0.5) is 0 Å². The van der Waals surface area contributed by atoms with Gasteiger partial charge in [0, 0.05) is 45.1 Å². The number of hydrogen-bond acceptors (Lipinski definition) is 4. The lowest BCUT2D eigenvalue weighted by Crippen LogP contribution is -2.42. The Morgan fingerprint density at radius 2 is 1.90 bits per heavy atom. The fraction of sp³-hybridized carbons (Fsp3) is 0.545. The molecule has 0 bridgehead atoms. The maximum absolute atomic E-state index is 4.82. The molecule has 0 aliphatic carbocycles. The van der Waals surface area contributed by atoms with Gasteiger partial charge in [-0.1, -0.05) is 24.3 Å². The Morgan fingerprint density at radius 1 is 1.07 bits per heavy atom. The summed E-state index contributed by atoms with van der Waals surface area (Å²) in [5.74, 6) is 0.883. The standard InChI is InChI=1S/C22H35N7.HI/c1-3-23-22(24-11-15-28-13-7-12-27(2)16-17-28)25-18-20-8-4-5-9-21(20)19-29-14-6-10-26-29;/h4-6,8-10,14H,3,7,11-13,15-19H2,1-2H3,(H2,23,24,25);1H. The third kappa shape index (κ3) is 8.23. The highest BCUT2D eigenvalue weighted by atomic mass is 127. The van der Waals surface area contributed by atoms with Crippen LogP contribution < -0.4 is 10.6 Å². The normalized spacial score (nSPS) is 16.0. The van der Waals surface area contributed by atoms with Crippen LogP contribution in [0.15, 0.2) is 47.7 Å². The molecule has 1 aliphatic rings. The molecule has 0 radical (unpaired) electrons. The Labute approximate surface area is 197 Å². The first-order chi connectivity index (χ1) is 14.2. The van der Waals surface area contributed by atoms with Gasteiger partial charge in [-0.25, -0.2) is 4.99 Å². The molecule has 8 heteroatoms. The summed E-state index contributed by atoms with van der Waals surface area (Å²) in [4.78, 5) is 9.78. The zero-order valence-electron chi connectivity index (χ0n) is 18.3. The fourth-order valence-electron chi connectivity index (χ4n) is 3.60. The predicted molar refractivity (Wildman–Crippen MR) is 135 cm³/mol. The summed E-state index contributed by atoms with van der Waals surface area (Å²) in [6, 6.07) is 10.4. The lowest BCUT2D eigenvalue weighted by atomic mass is 10.1. The highest BCUT2D eigenvalue weighted by Crippen LogP contribution is 2.11. The molecule has 2 aromatic rings. The molecular weight excluding hydrogens is 489 g/mol. The third-order valence-electron chi connectivity index (χ3n) is 5.29. The van der Waals surface area contributed by atoms with Crippen molar-refractivity contribution in [3.63, 3.8) is 0 Å². The average Bonchev–Trinajstić information content (AvgIpc) is 3.15. The minimum absolute atomic E-state index is 0. The van der Waals surface area contributed by atoms with E-state index < -0.39 is 0 Å². The second-order valence-electron chi connectivity index (χ2n) is 7.59. The lowest BCUT2D eigenvalue weighted by molar-refractivity contribution is 0.280. The molecule has 0 amide bonds. The van der Waals surface area contributed by atoms with Crippen molar-refractivity contribution < 1.29 is 0 Å². The number of aromatic nitrogens is 2. The van der Waals surface area contributed by atoms with Crippen molar-refractivity contribution >= 4 is 29.9 Å². The molecule has 2 N–H and O–H groups in total. The van der Waals surface area contributed by atoms with Gasteiger partial charge in [0.25, 0.3) is 0 Å². The van der Waals surface area contributed by atoms with Crippen LogP contribution in [0, 0.1) is 0 Å². The van der Waals surface area contributed by atoms with Gasteiger partial charge in [0.05, 0.1) is 13.1 Å². The zero-order chi connectivity index (χ0) is 20.3. The van der Waals surface area contributed by atoms with E-state index >= 15 is 0 Å². The molecule has 0 atom stereocenters. The van der Waals surface area contributed by atoms with Gasteiger partial charge in [-0.05, 0) is 50.7 Å². The number of nitrogens with one attached hydrogen (secondary N) is 2. The summed E-state index contributed by atoms with van der Waals surface area (Å²) in [5, 5.41) is 11.2. The van der Waals surface area contributed by atoms with E-state index in [-0.39, 0.29) is 24.0 Å². The van der Waals surface area contributed by atoms with Crippen molar-refractivity contribution in [2.75, 3.05) is 52.9 Å². The van der Waals surface area contributed by atoms with Crippen LogP contribution in [0.2, 0.25) is 0 Å². The largest absolute Gasteiger partial charge is 0.357 e. The van der Waals surface area contributed by atoms with E-state index in [0.717, 1.165) is 45.2 Å². The molecule has 3 rings (SSSR count). The zero-order valence-corrected chi connectivity index (χ0v) is 20.6. The van der Waals surface area contributed by atoms with E-state index in [1.165, 1.54) is 30.6 Å². The molecule has 1 fully saturated rings. The smallest absolute Gasteiger partial charge is 0.191 e. The van der Waals surface area contributed by atoms with E-state index in [2.05, 4.69) is 63.8 Å². The van der Waals surface area contributed by atoms with E-state index in [1.54, 1.807) is 0 Å². The van der Waals surface area contributed by atoms with Crippen molar-refractivity contribution in [1.29, 1.82) is 0 Å². The van der Waals surface area contributed by atoms with E-state index in [0.29, 0.717) is 6.54 Å². The molecule has 30 heavy (non-hydrogen) atoms. The summed E-state index contributed by atoms with van der Waals surface area (Å²) in [6.07, 6.45) is 5.06. The molecule has 1 aliphatic heterocycles. The molecule has 0 spiro atoms. The number of hydrogen-bond donors (Lipinski definition) is 2. The quantitative estimate of drug-likeness (QED) is 0.315. The van der Waals surface area contributed by atoms with Crippen molar-refractivity contribution in [1.82, 2.24) is 30.2 Å². The Hall–Kier alpha value is -1.65. The predicted octanol–water partition coefficient (Wildman–Crippen LogP) is 2.24. The van der Waals surface area contributed by atoms with Gasteiger partial charge < -0.3 is 20.4 Å². The van der Waals surface area contributed by atoms with Crippen LogP contribution in [0.25, 0.3) is 0 Å². The van der Waals surface area contributed by atoms with Crippen molar-refractivity contribution in [3.8, 4) is 0 Å². The first kappa shape index (κ1) is 24.6. The summed E-state index contributed by atoms with van der Waals surface area (Å²) in [7, 11) is 2.21. The SMILES string of the molecule is CCNC(=NCc1ccccc1Cn1cccn1)NCCN1CCCN(C)CC1.I. The minimum atomic E-state index is 0. The van der Waals surface area contributed by atoms with Crippen molar-refractivity contribution in [2.45, 2.75) is 26.4 Å². The molecule has 7 nitrogen and oxygen atoms in total. The Balaban J connectivity index is 0.00000320. The second-order valence-corrected chi connectivity index (χ2v) is 7.59. The lowest BCUT2D eigenvalue weighted by Gasteiger charge is -2.21. The minimum Gasteiger partial charge on any atom is -0.357 e. The number of aliphatic imine (C=N–C) groups is 1. The highest BCUT2D eigenvalue weighted by molar-refractivity contribution is 14.0. The summed E-state index contributed by atoms with van der Waals surface area (Å²) < 4.78 is 1.95. The maximum atomic E-state index is 4.82. The number of halogens is 1. The van der Waals surface area contributed by atoms with Crippen LogP contribution in [0.3, 0.4) is 0 Å². The second kappa shape index (κ2) is 13.6. The van der Waals surface area contributed by atoms with Gasteiger partial charge in [-0.2, -0.15) is 5.10 Å². The number of nitrogens with zero attached hydrogens (tertiary/aromatic N) is 5. The van der Waals surface area contributed by atoms with Gasteiger partial charge in [0.1, 0.15) is 0 Å². The molecule has 0 saturated carbocycles.